The van der Waals surface area contributed by atoms with Gasteiger partial charge in [-0.2, -0.15) is 0 Å². The molecule has 4 heteroatoms. The molecule has 1 nitrogen and oxygen atoms in total. The molecule has 0 heterocycles. The monoisotopic (exact) mass is 280 g/mol. The second-order valence-electron chi connectivity index (χ2n) is 2.67. The number of Topliss-reactive ketones (excluding diaryl/α,β-unsaturated/α-hetero) is 1. The van der Waals surface area contributed by atoms with E-state index in [1.807, 2.05) is 6.92 Å². The maximum absolute atomic E-state index is 11.3. The van der Waals surface area contributed by atoms with Crippen molar-refractivity contribution in [2.24, 2.45) is 0 Å². The Morgan fingerprint density at radius 3 is 2.69 bits per heavy atom. The van der Waals surface area contributed by atoms with E-state index in [1.54, 1.807) is 12.1 Å². The summed E-state index contributed by atoms with van der Waals surface area (Å²) in [6.07, 6.45) is 0. The Hall–Kier alpha value is -0.0500. The minimum atomic E-state index is -0.126. The molecule has 0 N–H and O–H groups in total. The van der Waals surface area contributed by atoms with Crippen LogP contribution in [0.15, 0.2) is 16.6 Å². The number of hydrogen-bond acceptors (Lipinski definition) is 1. The van der Waals surface area contributed by atoms with Crippen LogP contribution in [0.2, 0.25) is 5.02 Å². The number of rotatable bonds is 2. The highest BCUT2D eigenvalue weighted by atomic mass is 79.9. The third kappa shape index (κ3) is 2.46. The summed E-state index contributed by atoms with van der Waals surface area (Å²) in [4.78, 5) is 11.3. The van der Waals surface area contributed by atoms with E-state index in [4.69, 9.17) is 23.2 Å². The minimum absolute atomic E-state index is 0.0294. The van der Waals surface area contributed by atoms with Crippen LogP contribution in [0.5, 0.6) is 0 Å². The van der Waals surface area contributed by atoms with Crippen LogP contribution in [-0.4, -0.2) is 11.7 Å². The third-order valence-corrected chi connectivity index (χ3v) is 3.22. The van der Waals surface area contributed by atoms with Crippen LogP contribution in [0.1, 0.15) is 15.9 Å². The average molecular weight is 282 g/mol. The van der Waals surface area contributed by atoms with E-state index in [0.29, 0.717) is 15.1 Å². The van der Waals surface area contributed by atoms with E-state index in [2.05, 4.69) is 15.9 Å². The van der Waals surface area contributed by atoms with Gasteiger partial charge in [0.2, 0.25) is 0 Å². The van der Waals surface area contributed by atoms with E-state index >= 15 is 0 Å². The molecule has 1 aromatic carbocycles. The lowest BCUT2D eigenvalue weighted by Gasteiger charge is -2.04. The summed E-state index contributed by atoms with van der Waals surface area (Å²) in [5.41, 5.74) is 1.49. The van der Waals surface area contributed by atoms with Crippen molar-refractivity contribution in [1.82, 2.24) is 0 Å². The smallest absolute Gasteiger partial charge is 0.178 e. The maximum atomic E-state index is 11.3. The molecule has 0 saturated carbocycles. The van der Waals surface area contributed by atoms with Gasteiger partial charge in [0, 0.05) is 10.0 Å². The van der Waals surface area contributed by atoms with Gasteiger partial charge in [-0.15, -0.1) is 11.6 Å². The first kappa shape index (κ1) is 11.0. The van der Waals surface area contributed by atoms with Crippen molar-refractivity contribution in [2.45, 2.75) is 6.92 Å². The summed E-state index contributed by atoms with van der Waals surface area (Å²) >= 11 is 14.6. The van der Waals surface area contributed by atoms with Crippen molar-refractivity contribution in [1.29, 1.82) is 0 Å². The van der Waals surface area contributed by atoms with Crippen molar-refractivity contribution in [3.63, 3.8) is 0 Å². The summed E-state index contributed by atoms with van der Waals surface area (Å²) in [5.74, 6) is -0.155. The fraction of sp³-hybridized carbons (Fsp3) is 0.222. The third-order valence-electron chi connectivity index (χ3n) is 1.59. The quantitative estimate of drug-likeness (QED) is 0.595. The molecule has 1 rings (SSSR count). The molecular weight excluding hydrogens is 275 g/mol. The van der Waals surface area contributed by atoms with Gasteiger partial charge in [0.25, 0.3) is 0 Å². The zero-order chi connectivity index (χ0) is 10.0. The Kier molecular flexibility index (Phi) is 3.77. The largest absolute Gasteiger partial charge is 0.293 e. The molecule has 0 amide bonds. The first-order valence-electron chi connectivity index (χ1n) is 3.61. The van der Waals surface area contributed by atoms with Crippen LogP contribution in [0.4, 0.5) is 0 Å². The number of aryl methyl sites for hydroxylation is 1. The lowest BCUT2D eigenvalue weighted by molar-refractivity contribution is 0.102. The standard InChI is InChI=1S/C9H7BrCl2O/c1-5-2-6(8(13)4-11)9(10)7(12)3-5/h2-3H,4H2,1H3. The highest BCUT2D eigenvalue weighted by Crippen LogP contribution is 2.28. The topological polar surface area (TPSA) is 17.1 Å². The number of carbonyl (C=O) groups is 1. The van der Waals surface area contributed by atoms with Gasteiger partial charge in [-0.1, -0.05) is 11.6 Å². The van der Waals surface area contributed by atoms with Gasteiger partial charge >= 0.3 is 0 Å². The lowest BCUT2D eigenvalue weighted by Crippen LogP contribution is -2.02. The van der Waals surface area contributed by atoms with Crippen molar-refractivity contribution in [3.05, 3.63) is 32.8 Å². The van der Waals surface area contributed by atoms with Gasteiger partial charge in [-0.3, -0.25) is 4.79 Å². The predicted molar refractivity (Wildman–Crippen MR) is 58.9 cm³/mol. The molecule has 0 unspecified atom stereocenters. The Bertz CT molecular complexity index is 350. The molecule has 0 fully saturated rings. The van der Waals surface area contributed by atoms with Gasteiger partial charge in [-0.25, -0.2) is 0 Å². The lowest BCUT2D eigenvalue weighted by atomic mass is 10.1. The molecular formula is C9H7BrCl2O. The van der Waals surface area contributed by atoms with Crippen LogP contribution < -0.4 is 0 Å². The minimum Gasteiger partial charge on any atom is -0.293 e. The second-order valence-corrected chi connectivity index (χ2v) is 4.13. The maximum Gasteiger partial charge on any atom is 0.178 e. The molecule has 0 aliphatic carbocycles. The molecule has 0 spiro atoms. The number of ketones is 1. The molecule has 0 aliphatic heterocycles. The van der Waals surface area contributed by atoms with Gasteiger partial charge in [-0.05, 0) is 40.5 Å². The van der Waals surface area contributed by atoms with Crippen molar-refractivity contribution < 1.29 is 4.79 Å². The van der Waals surface area contributed by atoms with E-state index in [1.165, 1.54) is 0 Å². The Morgan fingerprint density at radius 1 is 1.54 bits per heavy atom. The number of benzene rings is 1. The molecule has 1 aromatic rings. The number of carbonyl (C=O) groups excluding carboxylic acids is 1. The Morgan fingerprint density at radius 2 is 2.15 bits per heavy atom. The van der Waals surface area contributed by atoms with Crippen molar-refractivity contribution in [3.8, 4) is 0 Å². The molecule has 13 heavy (non-hydrogen) atoms. The van der Waals surface area contributed by atoms with Crippen LogP contribution in [0.25, 0.3) is 0 Å². The fourth-order valence-electron chi connectivity index (χ4n) is 0.999. The molecule has 0 atom stereocenters. The van der Waals surface area contributed by atoms with Crippen molar-refractivity contribution in [2.75, 3.05) is 5.88 Å². The molecule has 0 saturated heterocycles. The van der Waals surface area contributed by atoms with E-state index in [0.717, 1.165) is 5.56 Å². The van der Waals surface area contributed by atoms with Crippen LogP contribution in [0, 0.1) is 6.92 Å². The first-order chi connectivity index (χ1) is 6.06. The molecule has 0 bridgehead atoms. The molecule has 0 aliphatic rings. The van der Waals surface area contributed by atoms with Gasteiger partial charge in [0.1, 0.15) is 0 Å². The summed E-state index contributed by atoms with van der Waals surface area (Å²) in [6.45, 7) is 1.88. The van der Waals surface area contributed by atoms with Gasteiger partial charge in [0.15, 0.2) is 5.78 Å². The zero-order valence-electron chi connectivity index (χ0n) is 6.90. The second kappa shape index (κ2) is 4.45. The predicted octanol–water partition coefficient (Wildman–Crippen LogP) is 3.83. The van der Waals surface area contributed by atoms with E-state index < -0.39 is 0 Å². The summed E-state index contributed by atoms with van der Waals surface area (Å²) in [5, 5.41) is 0.536. The van der Waals surface area contributed by atoms with Gasteiger partial charge in [0.05, 0.1) is 10.9 Å². The van der Waals surface area contributed by atoms with Crippen molar-refractivity contribution >= 4 is 44.9 Å². The fourth-order valence-corrected chi connectivity index (χ4v) is 1.87. The van der Waals surface area contributed by atoms with Gasteiger partial charge < -0.3 is 0 Å². The normalized spacial score (nSPS) is 10.2. The zero-order valence-corrected chi connectivity index (χ0v) is 10.0. The number of hydrogen-bond donors (Lipinski definition) is 0. The SMILES string of the molecule is Cc1cc(Cl)c(Br)c(C(=O)CCl)c1. The molecule has 0 aromatic heterocycles. The van der Waals surface area contributed by atoms with E-state index in [-0.39, 0.29) is 11.7 Å². The number of halogens is 3. The highest BCUT2D eigenvalue weighted by Gasteiger charge is 2.11. The summed E-state index contributed by atoms with van der Waals surface area (Å²) < 4.78 is 0.616. The summed E-state index contributed by atoms with van der Waals surface area (Å²) in [6, 6.07) is 3.55. The average Bonchev–Trinajstić information content (AvgIpc) is 2.10. The Labute approximate surface area is 95.2 Å². The highest BCUT2D eigenvalue weighted by molar-refractivity contribution is 9.10. The summed E-state index contributed by atoms with van der Waals surface area (Å²) in [7, 11) is 0. The Balaban J connectivity index is 3.28. The number of alkyl halides is 1. The van der Waals surface area contributed by atoms with Crippen LogP contribution in [0.3, 0.4) is 0 Å². The molecule has 70 valence electrons. The van der Waals surface area contributed by atoms with Crippen LogP contribution in [-0.2, 0) is 0 Å². The molecule has 0 radical (unpaired) electrons. The van der Waals surface area contributed by atoms with E-state index in [9.17, 15) is 4.79 Å². The first-order valence-corrected chi connectivity index (χ1v) is 5.31. The van der Waals surface area contributed by atoms with Crippen LogP contribution >= 0.6 is 39.1 Å².